The number of rotatable bonds is 3. The van der Waals surface area contributed by atoms with E-state index in [1.54, 1.807) is 0 Å². The molecule has 1 aliphatic rings. The highest BCUT2D eigenvalue weighted by Gasteiger charge is 2.30. The summed E-state index contributed by atoms with van der Waals surface area (Å²) in [6.45, 7) is 0. The van der Waals surface area contributed by atoms with E-state index in [-0.39, 0.29) is 21.8 Å². The number of anilines is 2. The Morgan fingerprint density at radius 3 is 2.54 bits per heavy atom. The fourth-order valence-corrected chi connectivity index (χ4v) is 4.40. The van der Waals surface area contributed by atoms with E-state index >= 15 is 0 Å². The molecule has 1 aliphatic heterocycles. The Morgan fingerprint density at radius 1 is 1.00 bits per heavy atom. The van der Waals surface area contributed by atoms with Crippen molar-refractivity contribution in [1.82, 2.24) is 4.98 Å². The molecule has 0 bridgehead atoms. The van der Waals surface area contributed by atoms with Crippen LogP contribution in [-0.2, 0) is 14.8 Å². The normalized spacial score (nSPS) is 13.8. The van der Waals surface area contributed by atoms with Crippen molar-refractivity contribution in [1.29, 1.82) is 0 Å². The van der Waals surface area contributed by atoms with Crippen molar-refractivity contribution in [2.45, 2.75) is 4.90 Å². The molecule has 1 aromatic heterocycles. The number of aromatic amines is 1. The van der Waals surface area contributed by atoms with Crippen molar-refractivity contribution in [2.75, 3.05) is 10.0 Å². The summed E-state index contributed by atoms with van der Waals surface area (Å²) >= 11 is 12.2. The molecule has 132 valence electrons. The number of benzene rings is 2. The Morgan fingerprint density at radius 2 is 1.77 bits per heavy atom. The second-order valence-corrected chi connectivity index (χ2v) is 8.07. The minimum atomic E-state index is -4.02. The Kier molecular flexibility index (Phi) is 3.72. The van der Waals surface area contributed by atoms with E-state index in [4.69, 9.17) is 23.2 Å². The van der Waals surface area contributed by atoms with Crippen LogP contribution in [0, 0.1) is 0 Å². The second-order valence-electron chi connectivity index (χ2n) is 5.58. The summed E-state index contributed by atoms with van der Waals surface area (Å²) in [6, 6.07) is 6.85. The molecular weight excluding hydrogens is 401 g/mol. The summed E-state index contributed by atoms with van der Waals surface area (Å²) in [4.78, 5) is 25.9. The molecule has 3 N–H and O–H groups in total. The number of carbonyl (C=O) groups is 2. The lowest BCUT2D eigenvalue weighted by molar-refractivity contribution is -0.112. The first-order chi connectivity index (χ1) is 12.3. The number of nitrogens with one attached hydrogen (secondary N) is 3. The molecule has 0 spiro atoms. The molecule has 10 heteroatoms. The van der Waals surface area contributed by atoms with Gasteiger partial charge in [-0.15, -0.1) is 0 Å². The van der Waals surface area contributed by atoms with E-state index in [0.29, 0.717) is 20.9 Å². The Hall–Kier alpha value is -2.55. The Balaban J connectivity index is 1.77. The molecule has 0 unspecified atom stereocenters. The predicted octanol–water partition coefficient (Wildman–Crippen LogP) is 3.41. The predicted molar refractivity (Wildman–Crippen MR) is 98.5 cm³/mol. The first-order valence-corrected chi connectivity index (χ1v) is 9.49. The third-order valence-corrected chi connectivity index (χ3v) is 5.96. The van der Waals surface area contributed by atoms with Crippen LogP contribution >= 0.6 is 23.2 Å². The van der Waals surface area contributed by atoms with Gasteiger partial charge in [-0.25, -0.2) is 8.42 Å². The van der Waals surface area contributed by atoms with E-state index in [2.05, 4.69) is 15.0 Å². The molecule has 1 amide bonds. The third kappa shape index (κ3) is 2.54. The molecule has 4 rings (SSSR count). The first-order valence-electron chi connectivity index (χ1n) is 7.25. The van der Waals surface area contributed by atoms with Crippen LogP contribution in [-0.4, -0.2) is 25.1 Å². The zero-order chi connectivity index (χ0) is 18.6. The summed E-state index contributed by atoms with van der Waals surface area (Å²) in [5.74, 6) is -1.56. The maximum atomic E-state index is 12.7. The van der Waals surface area contributed by atoms with Crippen molar-refractivity contribution in [3.05, 3.63) is 52.1 Å². The lowest BCUT2D eigenvalue weighted by atomic mass is 10.1. The number of H-pyrrole nitrogens is 1. The number of aromatic nitrogens is 1. The van der Waals surface area contributed by atoms with Crippen molar-refractivity contribution >= 4 is 67.2 Å². The van der Waals surface area contributed by atoms with Gasteiger partial charge in [0.2, 0.25) is 0 Å². The average Bonchev–Trinajstić information content (AvgIpc) is 3.12. The second kappa shape index (κ2) is 5.73. The van der Waals surface area contributed by atoms with Crippen molar-refractivity contribution in [2.24, 2.45) is 0 Å². The summed E-state index contributed by atoms with van der Waals surface area (Å²) in [5.41, 5.74) is 0.975. The highest BCUT2D eigenvalue weighted by atomic mass is 35.5. The minimum absolute atomic E-state index is 0.0158. The van der Waals surface area contributed by atoms with E-state index in [9.17, 15) is 18.0 Å². The lowest BCUT2D eigenvalue weighted by Gasteiger charge is -2.10. The maximum Gasteiger partial charge on any atom is 0.296 e. The molecule has 0 saturated heterocycles. The Labute approximate surface area is 157 Å². The monoisotopic (exact) mass is 409 g/mol. The fraction of sp³-hybridized carbons (Fsp3) is 0. The molecule has 0 atom stereocenters. The first kappa shape index (κ1) is 16.9. The molecule has 2 heterocycles. The van der Waals surface area contributed by atoms with Crippen molar-refractivity contribution in [3.8, 4) is 0 Å². The number of fused-ring (bicyclic) bond motifs is 2. The van der Waals surface area contributed by atoms with Gasteiger partial charge in [0.05, 0.1) is 37.4 Å². The summed E-state index contributed by atoms with van der Waals surface area (Å²) in [6.07, 6.45) is 1.50. The molecule has 0 saturated carbocycles. The van der Waals surface area contributed by atoms with E-state index in [1.807, 2.05) is 0 Å². The van der Waals surface area contributed by atoms with E-state index in [1.165, 1.54) is 30.5 Å². The average molecular weight is 410 g/mol. The van der Waals surface area contributed by atoms with Gasteiger partial charge in [0.1, 0.15) is 0 Å². The Bertz CT molecular complexity index is 1220. The van der Waals surface area contributed by atoms with Gasteiger partial charge in [-0.05, 0) is 30.3 Å². The minimum Gasteiger partial charge on any atom is -0.358 e. The van der Waals surface area contributed by atoms with Gasteiger partial charge in [0.25, 0.3) is 21.7 Å². The zero-order valence-electron chi connectivity index (χ0n) is 12.8. The number of hydrogen-bond acceptors (Lipinski definition) is 4. The fourth-order valence-electron chi connectivity index (χ4n) is 2.75. The summed E-state index contributed by atoms with van der Waals surface area (Å²) in [5, 5.41) is 3.60. The SMILES string of the molecule is O=C1Nc2ccc(S(=O)(=O)Nc3ccc(Cl)c4c(Cl)c[nH]c34)cc2C1=O. The van der Waals surface area contributed by atoms with Crippen LogP contribution in [0.25, 0.3) is 10.9 Å². The highest BCUT2D eigenvalue weighted by molar-refractivity contribution is 7.92. The number of Topliss-reactive ketones (excluding diaryl/α,β-unsaturated/α-hetero) is 1. The van der Waals surface area contributed by atoms with Crippen LogP contribution in [0.4, 0.5) is 11.4 Å². The molecule has 0 fully saturated rings. The molecular formula is C16H9Cl2N3O4S. The van der Waals surface area contributed by atoms with Crippen LogP contribution in [0.3, 0.4) is 0 Å². The highest BCUT2D eigenvalue weighted by Crippen LogP contribution is 2.35. The topological polar surface area (TPSA) is 108 Å². The van der Waals surface area contributed by atoms with Crippen LogP contribution in [0.5, 0.6) is 0 Å². The largest absolute Gasteiger partial charge is 0.358 e. The van der Waals surface area contributed by atoms with Crippen LogP contribution in [0.1, 0.15) is 10.4 Å². The molecule has 0 radical (unpaired) electrons. The van der Waals surface area contributed by atoms with Gasteiger partial charge in [-0.3, -0.25) is 14.3 Å². The van der Waals surface area contributed by atoms with Gasteiger partial charge in [0, 0.05) is 11.6 Å². The molecule has 2 aromatic carbocycles. The molecule has 0 aliphatic carbocycles. The standard InChI is InChI=1S/C16H9Cl2N3O4S/c17-9-2-4-12(14-13(9)10(18)6-19-14)21-26(24,25)7-1-3-11-8(5-7)15(22)16(23)20-11/h1-6,19,21H,(H,20,22,23). The molecule has 7 nitrogen and oxygen atoms in total. The number of hydrogen-bond donors (Lipinski definition) is 3. The number of sulfonamides is 1. The number of ketones is 1. The quantitative estimate of drug-likeness (QED) is 0.575. The van der Waals surface area contributed by atoms with Crippen molar-refractivity contribution < 1.29 is 18.0 Å². The van der Waals surface area contributed by atoms with E-state index in [0.717, 1.165) is 6.07 Å². The van der Waals surface area contributed by atoms with Gasteiger partial charge in [-0.1, -0.05) is 23.2 Å². The lowest BCUT2D eigenvalue weighted by Crippen LogP contribution is -2.14. The molecule has 26 heavy (non-hydrogen) atoms. The van der Waals surface area contributed by atoms with Crippen LogP contribution in [0.2, 0.25) is 10.0 Å². The number of halogens is 2. The maximum absolute atomic E-state index is 12.7. The van der Waals surface area contributed by atoms with E-state index < -0.39 is 21.7 Å². The third-order valence-electron chi connectivity index (χ3n) is 3.98. The van der Waals surface area contributed by atoms with Crippen LogP contribution in [0.15, 0.2) is 41.4 Å². The zero-order valence-corrected chi connectivity index (χ0v) is 15.1. The van der Waals surface area contributed by atoms with Gasteiger partial charge >= 0.3 is 0 Å². The summed E-state index contributed by atoms with van der Waals surface area (Å²) in [7, 11) is -4.02. The smallest absolute Gasteiger partial charge is 0.296 e. The number of carbonyl (C=O) groups excluding carboxylic acids is 2. The summed E-state index contributed by atoms with van der Waals surface area (Å²) < 4.78 is 27.9. The van der Waals surface area contributed by atoms with Gasteiger partial charge in [-0.2, -0.15) is 0 Å². The van der Waals surface area contributed by atoms with Gasteiger partial charge in [0.15, 0.2) is 0 Å². The van der Waals surface area contributed by atoms with Crippen molar-refractivity contribution in [3.63, 3.8) is 0 Å². The van der Waals surface area contributed by atoms with Gasteiger partial charge < -0.3 is 10.3 Å². The molecule has 3 aromatic rings. The van der Waals surface area contributed by atoms with Crippen LogP contribution < -0.4 is 10.0 Å². The number of amides is 1.